The lowest BCUT2D eigenvalue weighted by atomic mass is 10.1. The van der Waals surface area contributed by atoms with Crippen molar-refractivity contribution in [2.24, 2.45) is 0 Å². The number of hydrogen-bond acceptors (Lipinski definition) is 1. The zero-order chi connectivity index (χ0) is 10.2. The Bertz CT molecular complexity index is 283. The van der Waals surface area contributed by atoms with Crippen molar-refractivity contribution in [1.82, 2.24) is 0 Å². The summed E-state index contributed by atoms with van der Waals surface area (Å²) < 4.78 is 1.35. The average Bonchev–Trinajstić information content (AvgIpc) is 2.20. The van der Waals surface area contributed by atoms with Crippen LogP contribution in [0.25, 0.3) is 0 Å². The molecule has 76 valence electrons. The lowest BCUT2D eigenvalue weighted by Gasteiger charge is -2.03. The third-order valence-electron chi connectivity index (χ3n) is 2.23. The molecule has 0 aromatic heterocycles. The summed E-state index contributed by atoms with van der Waals surface area (Å²) in [7, 11) is 0. The van der Waals surface area contributed by atoms with Gasteiger partial charge in [-0.3, -0.25) is 0 Å². The first kappa shape index (κ1) is 11.7. The quantitative estimate of drug-likeness (QED) is 0.446. The van der Waals surface area contributed by atoms with E-state index in [-0.39, 0.29) is 0 Å². The van der Waals surface area contributed by atoms with Crippen molar-refractivity contribution in [2.45, 2.75) is 32.1 Å². The van der Waals surface area contributed by atoms with Gasteiger partial charge in [0.1, 0.15) is 6.29 Å². The number of unbranched alkanes of at least 4 members (excludes halogenated alkanes) is 3. The van der Waals surface area contributed by atoms with E-state index in [0.29, 0.717) is 6.42 Å². The van der Waals surface area contributed by atoms with Crippen LogP contribution in [0.4, 0.5) is 0 Å². The van der Waals surface area contributed by atoms with Gasteiger partial charge in [-0.25, -0.2) is 0 Å². The van der Waals surface area contributed by atoms with Gasteiger partial charge in [0.15, 0.2) is 0 Å². The molecular weight excluding hydrogens is 287 g/mol. The molecule has 1 aromatic rings. The molecule has 0 bridgehead atoms. The topological polar surface area (TPSA) is 17.1 Å². The highest BCUT2D eigenvalue weighted by Crippen LogP contribution is 2.14. The van der Waals surface area contributed by atoms with E-state index in [9.17, 15) is 4.79 Å². The fraction of sp³-hybridized carbons (Fsp3) is 0.417. The average molecular weight is 302 g/mol. The second-order valence-electron chi connectivity index (χ2n) is 3.36. The Labute approximate surface area is 99.0 Å². The Hall–Kier alpha value is -0.380. The van der Waals surface area contributed by atoms with E-state index < -0.39 is 0 Å². The van der Waals surface area contributed by atoms with Crippen molar-refractivity contribution in [3.05, 3.63) is 33.4 Å². The third kappa shape index (κ3) is 4.22. The number of carbonyl (C=O) groups excluding carboxylic acids is 1. The summed E-state index contributed by atoms with van der Waals surface area (Å²) in [4.78, 5) is 10.1. The van der Waals surface area contributed by atoms with Gasteiger partial charge in [-0.2, -0.15) is 0 Å². The van der Waals surface area contributed by atoms with Gasteiger partial charge in [0, 0.05) is 9.99 Å². The van der Waals surface area contributed by atoms with E-state index in [1.54, 1.807) is 0 Å². The fourth-order valence-electron chi connectivity index (χ4n) is 1.42. The number of hydrogen-bond donors (Lipinski definition) is 0. The van der Waals surface area contributed by atoms with Crippen molar-refractivity contribution in [3.8, 4) is 0 Å². The maximum atomic E-state index is 10.1. The predicted molar refractivity (Wildman–Crippen MR) is 67.4 cm³/mol. The first-order valence-electron chi connectivity index (χ1n) is 5.01. The molecule has 2 heteroatoms. The Morgan fingerprint density at radius 3 is 2.64 bits per heavy atom. The number of benzene rings is 1. The van der Waals surface area contributed by atoms with Gasteiger partial charge in [-0.1, -0.05) is 24.6 Å². The summed E-state index contributed by atoms with van der Waals surface area (Å²) in [6.45, 7) is 0. The van der Waals surface area contributed by atoms with Crippen LogP contribution in [0, 0.1) is 3.57 Å². The summed E-state index contributed by atoms with van der Waals surface area (Å²) in [5.41, 5.74) is 1.43. The normalized spacial score (nSPS) is 10.1. The Kier molecular flexibility index (Phi) is 5.83. The minimum absolute atomic E-state index is 0.714. The number of aryl methyl sites for hydroxylation is 1. The molecular formula is C12H15IO. The van der Waals surface area contributed by atoms with Crippen LogP contribution in [0.15, 0.2) is 24.3 Å². The molecule has 1 nitrogen and oxygen atoms in total. The van der Waals surface area contributed by atoms with E-state index in [2.05, 4.69) is 46.9 Å². The fourth-order valence-corrected chi connectivity index (χ4v) is 2.08. The summed E-state index contributed by atoms with van der Waals surface area (Å²) >= 11 is 2.37. The van der Waals surface area contributed by atoms with Crippen molar-refractivity contribution in [3.63, 3.8) is 0 Å². The van der Waals surface area contributed by atoms with Gasteiger partial charge in [-0.05, 0) is 53.5 Å². The summed E-state index contributed by atoms with van der Waals surface area (Å²) in [5.74, 6) is 0. The van der Waals surface area contributed by atoms with Gasteiger partial charge in [-0.15, -0.1) is 0 Å². The largest absolute Gasteiger partial charge is 0.303 e. The third-order valence-corrected chi connectivity index (χ3v) is 3.28. The van der Waals surface area contributed by atoms with Gasteiger partial charge in [0.05, 0.1) is 0 Å². The highest BCUT2D eigenvalue weighted by Gasteiger charge is 1.97. The van der Waals surface area contributed by atoms with Gasteiger partial charge in [0.25, 0.3) is 0 Å². The molecule has 1 aromatic carbocycles. The van der Waals surface area contributed by atoms with Gasteiger partial charge in [0.2, 0.25) is 0 Å². The number of carbonyl (C=O) groups is 1. The Balaban J connectivity index is 2.24. The monoisotopic (exact) mass is 302 g/mol. The van der Waals surface area contributed by atoms with Crippen molar-refractivity contribution in [1.29, 1.82) is 0 Å². The van der Waals surface area contributed by atoms with E-state index in [1.165, 1.54) is 15.6 Å². The summed E-state index contributed by atoms with van der Waals surface area (Å²) in [6.07, 6.45) is 6.24. The van der Waals surface area contributed by atoms with E-state index in [0.717, 1.165) is 25.5 Å². The first-order valence-corrected chi connectivity index (χ1v) is 6.09. The maximum absolute atomic E-state index is 10.1. The molecule has 0 unspecified atom stereocenters. The number of rotatable bonds is 6. The van der Waals surface area contributed by atoms with Crippen LogP contribution in [0.3, 0.4) is 0 Å². The molecule has 0 fully saturated rings. The minimum Gasteiger partial charge on any atom is -0.303 e. The number of aldehydes is 1. The smallest absolute Gasteiger partial charge is 0.119 e. The van der Waals surface area contributed by atoms with Crippen LogP contribution < -0.4 is 0 Å². The van der Waals surface area contributed by atoms with E-state index >= 15 is 0 Å². The lowest BCUT2D eigenvalue weighted by molar-refractivity contribution is -0.107. The second-order valence-corrected chi connectivity index (χ2v) is 4.52. The zero-order valence-corrected chi connectivity index (χ0v) is 10.4. The SMILES string of the molecule is O=CCCCCCc1ccccc1I. The molecule has 0 radical (unpaired) electrons. The Morgan fingerprint density at radius 2 is 1.93 bits per heavy atom. The van der Waals surface area contributed by atoms with Crippen molar-refractivity contribution >= 4 is 28.9 Å². The van der Waals surface area contributed by atoms with E-state index in [1.807, 2.05) is 0 Å². The molecule has 1 rings (SSSR count). The summed E-state index contributed by atoms with van der Waals surface area (Å²) in [5, 5.41) is 0. The van der Waals surface area contributed by atoms with Crippen LogP contribution in [-0.4, -0.2) is 6.29 Å². The molecule has 0 saturated carbocycles. The van der Waals surface area contributed by atoms with Crippen LogP contribution in [-0.2, 0) is 11.2 Å². The minimum atomic E-state index is 0.714. The lowest BCUT2D eigenvalue weighted by Crippen LogP contribution is -1.89. The molecule has 0 aliphatic rings. The van der Waals surface area contributed by atoms with E-state index in [4.69, 9.17) is 0 Å². The van der Waals surface area contributed by atoms with Crippen LogP contribution in [0.2, 0.25) is 0 Å². The van der Waals surface area contributed by atoms with Gasteiger partial charge >= 0.3 is 0 Å². The maximum Gasteiger partial charge on any atom is 0.119 e. The van der Waals surface area contributed by atoms with Crippen molar-refractivity contribution in [2.75, 3.05) is 0 Å². The number of halogens is 1. The van der Waals surface area contributed by atoms with Crippen molar-refractivity contribution < 1.29 is 4.79 Å². The van der Waals surface area contributed by atoms with Crippen LogP contribution >= 0.6 is 22.6 Å². The predicted octanol–water partition coefficient (Wildman–Crippen LogP) is 3.59. The standard InChI is InChI=1S/C12H15IO/c13-12-9-5-4-8-11(12)7-3-1-2-6-10-14/h4-5,8-10H,1-3,6-7H2. The zero-order valence-electron chi connectivity index (χ0n) is 8.21. The molecule has 0 atom stereocenters. The Morgan fingerprint density at radius 1 is 1.14 bits per heavy atom. The highest BCUT2D eigenvalue weighted by atomic mass is 127. The van der Waals surface area contributed by atoms with Gasteiger partial charge < -0.3 is 4.79 Å². The highest BCUT2D eigenvalue weighted by molar-refractivity contribution is 14.1. The molecule has 0 heterocycles. The summed E-state index contributed by atoms with van der Waals surface area (Å²) in [6, 6.07) is 8.48. The van der Waals surface area contributed by atoms with Crippen LogP contribution in [0.5, 0.6) is 0 Å². The molecule has 0 saturated heterocycles. The van der Waals surface area contributed by atoms with Crippen LogP contribution in [0.1, 0.15) is 31.2 Å². The second kappa shape index (κ2) is 6.98. The molecule has 0 N–H and O–H groups in total. The molecule has 14 heavy (non-hydrogen) atoms. The molecule has 0 spiro atoms. The first-order chi connectivity index (χ1) is 6.84. The molecule has 0 aliphatic heterocycles. The molecule has 0 amide bonds. The molecule has 0 aliphatic carbocycles.